The number of aryl methyl sites for hydroxylation is 1. The van der Waals surface area contributed by atoms with Gasteiger partial charge in [0.1, 0.15) is 5.00 Å². The number of carbonyl (C=O) groups excluding carboxylic acids is 1. The predicted octanol–water partition coefficient (Wildman–Crippen LogP) is 5.30. The van der Waals surface area contributed by atoms with Gasteiger partial charge in [0.25, 0.3) is 0 Å². The third kappa shape index (κ3) is 4.76. The van der Waals surface area contributed by atoms with Gasteiger partial charge in [0.2, 0.25) is 0 Å². The van der Waals surface area contributed by atoms with E-state index in [-0.39, 0.29) is 5.97 Å². The minimum absolute atomic E-state index is 0.385. The van der Waals surface area contributed by atoms with Crippen LogP contribution in [0, 0.1) is 0 Å². The molecule has 0 fully saturated rings. The quantitative estimate of drug-likeness (QED) is 0.307. The summed E-state index contributed by atoms with van der Waals surface area (Å²) in [6.45, 7) is 2.69. The molecule has 2 aromatic heterocycles. The zero-order valence-electron chi connectivity index (χ0n) is 17.2. The molecule has 0 aliphatic rings. The van der Waals surface area contributed by atoms with E-state index in [0.717, 1.165) is 17.0 Å². The molecule has 6 nitrogen and oxygen atoms in total. The molecule has 2 heterocycles. The summed E-state index contributed by atoms with van der Waals surface area (Å²) in [5, 5.41) is 14.2. The maximum atomic E-state index is 12.0. The Labute approximate surface area is 189 Å². The average Bonchev–Trinajstić information content (AvgIpc) is 3.40. The molecule has 0 unspecified atom stereocenters. The number of fused-ring (bicyclic) bond motifs is 1. The number of nitrogens with one attached hydrogen (secondary N) is 2. The molecule has 0 aliphatic heterocycles. The van der Waals surface area contributed by atoms with Crippen LogP contribution in [0.25, 0.3) is 10.8 Å². The molecule has 2 N–H and O–H groups in total. The zero-order chi connectivity index (χ0) is 21.8. The van der Waals surface area contributed by atoms with Crippen molar-refractivity contribution in [2.45, 2.75) is 19.9 Å². The molecule has 0 radical (unpaired) electrons. The molecule has 0 saturated carbocycles. The van der Waals surface area contributed by atoms with Gasteiger partial charge in [0.15, 0.2) is 5.11 Å². The summed E-state index contributed by atoms with van der Waals surface area (Å²) in [5.74, 6) is -0.385. The van der Waals surface area contributed by atoms with E-state index in [1.54, 1.807) is 6.20 Å². The minimum atomic E-state index is -0.385. The first kappa shape index (κ1) is 21.0. The van der Waals surface area contributed by atoms with E-state index in [0.29, 0.717) is 22.2 Å². The molecule has 0 bridgehead atoms. The maximum Gasteiger partial charge on any atom is 0.340 e. The number of thiocarbonyl (C=S) groups is 1. The van der Waals surface area contributed by atoms with Gasteiger partial charge in [-0.2, -0.15) is 5.10 Å². The SMILES string of the molecule is CCc1cc(C(=O)OC)c(NC(=S)Nc2cnn(Cc3cccc4ccccc34)c2)s1. The Hall–Kier alpha value is -3.23. The highest BCUT2D eigenvalue weighted by molar-refractivity contribution is 7.80. The number of hydrogen-bond donors (Lipinski definition) is 2. The second kappa shape index (κ2) is 9.28. The number of ether oxygens (including phenoxy) is 1. The summed E-state index contributed by atoms with van der Waals surface area (Å²) in [7, 11) is 1.37. The Morgan fingerprint density at radius 3 is 2.81 bits per heavy atom. The number of carbonyl (C=O) groups is 1. The number of anilines is 2. The fourth-order valence-electron chi connectivity index (χ4n) is 3.36. The molecule has 0 aliphatic carbocycles. The topological polar surface area (TPSA) is 68.2 Å². The molecule has 4 aromatic rings. The van der Waals surface area contributed by atoms with Crippen molar-refractivity contribution >= 4 is 56.1 Å². The van der Waals surface area contributed by atoms with Crippen molar-refractivity contribution in [2.24, 2.45) is 0 Å². The largest absolute Gasteiger partial charge is 0.465 e. The van der Waals surface area contributed by atoms with Crippen molar-refractivity contribution in [3.8, 4) is 0 Å². The van der Waals surface area contributed by atoms with E-state index < -0.39 is 0 Å². The third-order valence-corrected chi connectivity index (χ3v) is 6.27. The number of benzene rings is 2. The fraction of sp³-hybridized carbons (Fsp3) is 0.174. The Balaban J connectivity index is 1.45. The number of thiophene rings is 1. The standard InChI is InChI=1S/C23H22N4O2S2/c1-3-18-11-20(22(28)29-2)21(31-18)26-23(30)25-17-12-24-27(14-17)13-16-9-6-8-15-7-4-5-10-19(15)16/h4-12,14H,3,13H2,1-2H3,(H2,25,26,30). The zero-order valence-corrected chi connectivity index (χ0v) is 18.8. The van der Waals surface area contributed by atoms with E-state index in [1.807, 2.05) is 36.0 Å². The lowest BCUT2D eigenvalue weighted by Crippen LogP contribution is -2.19. The van der Waals surface area contributed by atoms with Crippen molar-refractivity contribution in [3.63, 3.8) is 0 Å². The van der Waals surface area contributed by atoms with Gasteiger partial charge in [-0.15, -0.1) is 11.3 Å². The van der Waals surface area contributed by atoms with Crippen LogP contribution in [0.4, 0.5) is 10.7 Å². The summed E-state index contributed by atoms with van der Waals surface area (Å²) in [5.41, 5.74) is 2.45. The Morgan fingerprint density at radius 1 is 1.19 bits per heavy atom. The van der Waals surface area contributed by atoms with E-state index in [4.69, 9.17) is 17.0 Å². The van der Waals surface area contributed by atoms with Crippen LogP contribution in [0.5, 0.6) is 0 Å². The van der Waals surface area contributed by atoms with Gasteiger partial charge < -0.3 is 15.4 Å². The molecule has 0 amide bonds. The van der Waals surface area contributed by atoms with Gasteiger partial charge in [0.05, 0.1) is 31.1 Å². The highest BCUT2D eigenvalue weighted by Gasteiger charge is 2.17. The smallest absolute Gasteiger partial charge is 0.340 e. The second-order valence-corrected chi connectivity index (χ2v) is 8.49. The van der Waals surface area contributed by atoms with Crippen LogP contribution in [-0.4, -0.2) is 28.0 Å². The van der Waals surface area contributed by atoms with Crippen LogP contribution < -0.4 is 10.6 Å². The van der Waals surface area contributed by atoms with E-state index in [1.165, 1.54) is 34.8 Å². The molecule has 4 rings (SSSR count). The summed E-state index contributed by atoms with van der Waals surface area (Å²) in [6, 6.07) is 16.4. The number of methoxy groups -OCH3 is 1. The molecular weight excluding hydrogens is 428 g/mol. The summed E-state index contributed by atoms with van der Waals surface area (Å²) in [6.07, 6.45) is 4.46. The number of rotatable bonds is 6. The molecular formula is C23H22N4O2S2. The van der Waals surface area contributed by atoms with Crippen LogP contribution in [0.1, 0.15) is 27.7 Å². The number of nitrogens with zero attached hydrogens (tertiary/aromatic N) is 2. The monoisotopic (exact) mass is 450 g/mol. The minimum Gasteiger partial charge on any atom is -0.465 e. The van der Waals surface area contributed by atoms with Crippen molar-refractivity contribution in [2.75, 3.05) is 17.7 Å². The van der Waals surface area contributed by atoms with Crippen molar-refractivity contribution in [3.05, 3.63) is 76.9 Å². The lowest BCUT2D eigenvalue weighted by molar-refractivity contribution is 0.0602. The fourth-order valence-corrected chi connectivity index (χ4v) is 4.63. The van der Waals surface area contributed by atoms with E-state index in [2.05, 4.69) is 46.1 Å². The number of esters is 1. The number of aromatic nitrogens is 2. The molecule has 31 heavy (non-hydrogen) atoms. The molecule has 158 valence electrons. The molecule has 8 heteroatoms. The van der Waals surface area contributed by atoms with Gasteiger partial charge in [-0.3, -0.25) is 4.68 Å². The van der Waals surface area contributed by atoms with E-state index in [9.17, 15) is 4.79 Å². The average molecular weight is 451 g/mol. The summed E-state index contributed by atoms with van der Waals surface area (Å²) >= 11 is 6.93. The van der Waals surface area contributed by atoms with Crippen LogP contribution >= 0.6 is 23.6 Å². The van der Waals surface area contributed by atoms with Gasteiger partial charge in [-0.25, -0.2) is 4.79 Å². The maximum absolute atomic E-state index is 12.0. The van der Waals surface area contributed by atoms with Crippen LogP contribution in [0.2, 0.25) is 0 Å². The predicted molar refractivity (Wildman–Crippen MR) is 130 cm³/mol. The van der Waals surface area contributed by atoms with Crippen molar-refractivity contribution < 1.29 is 9.53 Å². The van der Waals surface area contributed by atoms with Gasteiger partial charge in [0, 0.05) is 11.1 Å². The van der Waals surface area contributed by atoms with Crippen LogP contribution in [0.15, 0.2) is 60.9 Å². The lowest BCUT2D eigenvalue weighted by atomic mass is 10.0. The highest BCUT2D eigenvalue weighted by Crippen LogP contribution is 2.29. The Morgan fingerprint density at radius 2 is 2.00 bits per heavy atom. The summed E-state index contributed by atoms with van der Waals surface area (Å²) < 4.78 is 6.74. The van der Waals surface area contributed by atoms with Crippen LogP contribution in [-0.2, 0) is 17.7 Å². The Kier molecular flexibility index (Phi) is 6.29. The molecule has 0 saturated heterocycles. The highest BCUT2D eigenvalue weighted by atomic mass is 32.1. The first-order valence-corrected chi connectivity index (χ1v) is 11.1. The molecule has 2 aromatic carbocycles. The van der Waals surface area contributed by atoms with Crippen molar-refractivity contribution in [1.29, 1.82) is 0 Å². The second-order valence-electron chi connectivity index (χ2n) is 6.94. The first-order chi connectivity index (χ1) is 15.1. The molecule has 0 atom stereocenters. The van der Waals surface area contributed by atoms with Crippen LogP contribution in [0.3, 0.4) is 0 Å². The van der Waals surface area contributed by atoms with Gasteiger partial charge in [-0.05, 0) is 41.0 Å². The van der Waals surface area contributed by atoms with Crippen molar-refractivity contribution in [1.82, 2.24) is 9.78 Å². The summed E-state index contributed by atoms with van der Waals surface area (Å²) in [4.78, 5) is 13.1. The Bertz CT molecular complexity index is 1240. The normalized spacial score (nSPS) is 10.8. The molecule has 0 spiro atoms. The van der Waals surface area contributed by atoms with Gasteiger partial charge >= 0.3 is 5.97 Å². The van der Waals surface area contributed by atoms with E-state index >= 15 is 0 Å². The van der Waals surface area contributed by atoms with Gasteiger partial charge in [-0.1, -0.05) is 49.4 Å². The lowest BCUT2D eigenvalue weighted by Gasteiger charge is -2.09. The third-order valence-electron chi connectivity index (χ3n) is 4.87. The number of hydrogen-bond acceptors (Lipinski definition) is 5. The first-order valence-electron chi connectivity index (χ1n) is 9.85.